The maximum absolute atomic E-state index is 14.2. The molecular formula is C27H24FN7O5S. The topological polar surface area (TPSA) is 189 Å². The Morgan fingerprint density at radius 1 is 1.12 bits per heavy atom. The Balaban J connectivity index is 1.49. The predicted octanol–water partition coefficient (Wildman–Crippen LogP) is 3.53. The van der Waals surface area contributed by atoms with Crippen molar-refractivity contribution in [3.05, 3.63) is 84.3 Å². The summed E-state index contributed by atoms with van der Waals surface area (Å²) in [6.45, 7) is 5.19. The molecule has 0 saturated heterocycles. The molecule has 5 N–H and O–H groups in total. The van der Waals surface area contributed by atoms with Crippen molar-refractivity contribution in [1.82, 2.24) is 4.98 Å². The van der Waals surface area contributed by atoms with Crippen LogP contribution < -0.4 is 21.3 Å². The van der Waals surface area contributed by atoms with Gasteiger partial charge in [0.05, 0.1) is 22.3 Å². The van der Waals surface area contributed by atoms with Crippen LogP contribution in [0.25, 0.3) is 5.70 Å². The van der Waals surface area contributed by atoms with E-state index in [2.05, 4.69) is 31.9 Å². The second kappa shape index (κ2) is 11.5. The van der Waals surface area contributed by atoms with Gasteiger partial charge in [-0.25, -0.2) is 22.8 Å². The fraction of sp³-hybridized carbons (Fsp3) is 0.148. The predicted molar refractivity (Wildman–Crippen MR) is 149 cm³/mol. The molecule has 0 radical (unpaired) electrons. The van der Waals surface area contributed by atoms with Crippen LogP contribution >= 0.6 is 0 Å². The lowest BCUT2D eigenvalue weighted by molar-refractivity contribution is -0.119. The third-order valence-electron chi connectivity index (χ3n) is 5.92. The fourth-order valence-corrected chi connectivity index (χ4v) is 4.70. The number of halogens is 1. The van der Waals surface area contributed by atoms with Gasteiger partial charge in [-0.3, -0.25) is 14.3 Å². The summed E-state index contributed by atoms with van der Waals surface area (Å²) in [6, 6.07) is 15.4. The molecule has 2 aromatic carbocycles. The minimum absolute atomic E-state index is 0.00811. The first kappa shape index (κ1) is 28.9. The lowest BCUT2D eigenvalue weighted by Crippen LogP contribution is -2.23. The summed E-state index contributed by atoms with van der Waals surface area (Å²) >= 11 is 0. The molecular weight excluding hydrogens is 553 g/mol. The van der Waals surface area contributed by atoms with Crippen LogP contribution in [0.2, 0.25) is 0 Å². The number of carbonyl (C=O) groups is 2. The molecule has 1 aliphatic rings. The van der Waals surface area contributed by atoms with Crippen molar-refractivity contribution >= 4 is 50.6 Å². The van der Waals surface area contributed by atoms with Crippen molar-refractivity contribution < 1.29 is 27.2 Å². The highest BCUT2D eigenvalue weighted by Crippen LogP contribution is 2.45. The first-order valence-electron chi connectivity index (χ1n) is 12.0. The minimum Gasteiger partial charge on any atom is -0.389 e. The summed E-state index contributed by atoms with van der Waals surface area (Å²) in [5.41, 5.74) is -0.433. The highest BCUT2D eigenvalue weighted by molar-refractivity contribution is 7.92. The summed E-state index contributed by atoms with van der Waals surface area (Å²) in [6.07, 6.45) is 0.808. The second-order valence-electron chi connectivity index (χ2n) is 9.08. The number of hydrogen-bond acceptors (Lipinski definition) is 9. The minimum atomic E-state index is -4.16. The van der Waals surface area contributed by atoms with E-state index in [0.717, 1.165) is 12.1 Å². The van der Waals surface area contributed by atoms with Gasteiger partial charge < -0.3 is 15.5 Å². The average Bonchev–Trinajstić information content (AvgIpc) is 3.72. The normalized spacial score (nSPS) is 13.9. The third kappa shape index (κ3) is 6.90. The molecule has 3 aromatic rings. The second-order valence-corrected chi connectivity index (χ2v) is 10.8. The number of nitriles is 1. The van der Waals surface area contributed by atoms with Crippen LogP contribution in [0.1, 0.15) is 31.0 Å². The number of nitrogens with one attached hydrogen (secondary N) is 3. The summed E-state index contributed by atoms with van der Waals surface area (Å²) < 4.78 is 42.4. The number of nitrogens with two attached hydrogens (primary N) is 1. The Morgan fingerprint density at radius 2 is 1.80 bits per heavy atom. The quantitative estimate of drug-likeness (QED) is 0.169. The molecule has 14 heteroatoms. The summed E-state index contributed by atoms with van der Waals surface area (Å²) in [4.78, 5) is 36.7. The van der Waals surface area contributed by atoms with E-state index >= 15 is 0 Å². The number of benzene rings is 2. The molecule has 0 spiro atoms. The van der Waals surface area contributed by atoms with E-state index in [-0.39, 0.29) is 45.3 Å². The van der Waals surface area contributed by atoms with Crippen LogP contribution in [0.15, 0.2) is 77.1 Å². The Morgan fingerprint density at radius 3 is 2.41 bits per heavy atom. The lowest BCUT2D eigenvalue weighted by Gasteiger charge is -2.12. The smallest absolute Gasteiger partial charge is 0.263 e. The fourth-order valence-electron chi connectivity index (χ4n) is 3.66. The van der Waals surface area contributed by atoms with Gasteiger partial charge in [-0.15, -0.1) is 0 Å². The van der Waals surface area contributed by atoms with Crippen molar-refractivity contribution in [3.8, 4) is 6.07 Å². The molecule has 12 nitrogen and oxygen atoms in total. The van der Waals surface area contributed by atoms with Gasteiger partial charge in [-0.1, -0.05) is 24.8 Å². The zero-order valence-electron chi connectivity index (χ0n) is 21.6. The van der Waals surface area contributed by atoms with Crippen LogP contribution in [0.3, 0.4) is 0 Å². The highest BCUT2D eigenvalue weighted by atomic mass is 32.2. The first-order chi connectivity index (χ1) is 19.4. The summed E-state index contributed by atoms with van der Waals surface area (Å²) in [5, 5.41) is 14.2. The first-order valence-corrected chi connectivity index (χ1v) is 13.5. The number of aromatic nitrogens is 1. The lowest BCUT2D eigenvalue weighted by atomic mass is 10.1. The van der Waals surface area contributed by atoms with Crippen molar-refractivity contribution in [2.24, 2.45) is 16.3 Å². The molecule has 0 bridgehead atoms. The van der Waals surface area contributed by atoms with Gasteiger partial charge in [0.1, 0.15) is 22.7 Å². The van der Waals surface area contributed by atoms with E-state index in [9.17, 15) is 27.7 Å². The number of anilines is 3. The zero-order valence-corrected chi connectivity index (χ0v) is 22.5. The number of rotatable bonds is 9. The van der Waals surface area contributed by atoms with Gasteiger partial charge in [-0.05, 0) is 60.9 Å². The van der Waals surface area contributed by atoms with Crippen molar-refractivity contribution in [3.63, 3.8) is 0 Å². The van der Waals surface area contributed by atoms with Crippen LogP contribution in [0, 0.1) is 22.6 Å². The van der Waals surface area contributed by atoms with Crippen molar-refractivity contribution in [2.45, 2.75) is 24.7 Å². The van der Waals surface area contributed by atoms with Crippen LogP contribution in [0.4, 0.5) is 21.6 Å². The number of pyridine rings is 1. The number of nitrogens with zero attached hydrogens (tertiary/aromatic N) is 3. The monoisotopic (exact) mass is 577 g/mol. The van der Waals surface area contributed by atoms with Crippen LogP contribution in [-0.2, 0) is 24.4 Å². The summed E-state index contributed by atoms with van der Waals surface area (Å²) in [7, 11) is -4.16. The number of amides is 2. The standard InChI is InChI=1S/C27H24FN7O5S/c1-16(31-25(40-30)23-4-3-5-24(34-23)32-17(2)36)18-6-8-22(9-7-18)41(38,39)35-21-13-19(28)12-20(14-21)33-26(37)27(15-29)10-11-27/h3-9,12-14,35H,1,10-11,30H2,2H3,(H,33,37)(H,32,34,36). The Hall–Kier alpha value is -5.13. The van der Waals surface area contributed by atoms with E-state index < -0.39 is 27.2 Å². The van der Waals surface area contributed by atoms with E-state index in [4.69, 9.17) is 10.7 Å². The summed E-state index contributed by atoms with van der Waals surface area (Å²) in [5.74, 6) is 3.84. The molecule has 0 unspecified atom stereocenters. The van der Waals surface area contributed by atoms with Gasteiger partial charge in [0.15, 0.2) is 0 Å². The molecule has 1 fully saturated rings. The van der Waals surface area contributed by atoms with Crippen molar-refractivity contribution in [1.29, 1.82) is 5.26 Å². The molecule has 0 aliphatic heterocycles. The van der Waals surface area contributed by atoms with Gasteiger partial charge in [0.2, 0.25) is 11.8 Å². The molecule has 4 rings (SSSR count). The molecule has 0 atom stereocenters. The van der Waals surface area contributed by atoms with Crippen molar-refractivity contribution in [2.75, 3.05) is 15.4 Å². The average molecular weight is 578 g/mol. The van der Waals surface area contributed by atoms with Gasteiger partial charge in [-0.2, -0.15) is 11.2 Å². The molecule has 210 valence electrons. The molecule has 1 saturated carbocycles. The third-order valence-corrected chi connectivity index (χ3v) is 7.32. The number of aliphatic imine (C=N–C) groups is 1. The molecule has 41 heavy (non-hydrogen) atoms. The molecule has 1 aromatic heterocycles. The largest absolute Gasteiger partial charge is 0.389 e. The highest BCUT2D eigenvalue weighted by Gasteiger charge is 2.50. The van der Waals surface area contributed by atoms with Gasteiger partial charge in [0, 0.05) is 12.6 Å². The maximum Gasteiger partial charge on any atom is 0.263 e. The molecule has 2 amide bonds. The Bertz CT molecular complexity index is 1710. The number of carbonyl (C=O) groups excluding carboxylic acids is 2. The van der Waals surface area contributed by atoms with E-state index in [1.165, 1.54) is 37.3 Å². The van der Waals surface area contributed by atoms with E-state index in [1.807, 2.05) is 6.07 Å². The Kier molecular flexibility index (Phi) is 8.13. The zero-order chi connectivity index (χ0) is 29.8. The van der Waals surface area contributed by atoms with E-state index in [1.54, 1.807) is 18.2 Å². The Labute approximate surface area is 234 Å². The molecule has 1 aliphatic carbocycles. The van der Waals surface area contributed by atoms with Gasteiger partial charge in [0.25, 0.3) is 15.9 Å². The van der Waals surface area contributed by atoms with Crippen LogP contribution in [-0.4, -0.2) is 31.1 Å². The van der Waals surface area contributed by atoms with Crippen LogP contribution in [0.5, 0.6) is 0 Å². The van der Waals surface area contributed by atoms with E-state index in [0.29, 0.717) is 18.4 Å². The SMILES string of the molecule is C=C(N=C(ON)c1cccc(NC(C)=O)n1)c1ccc(S(=O)(=O)Nc2cc(F)cc(NC(=O)C3(C#N)CC3)c2)cc1. The number of sulfonamides is 1. The van der Waals surface area contributed by atoms with Gasteiger partial charge >= 0.3 is 0 Å². The maximum atomic E-state index is 14.2. The number of hydrogen-bond donors (Lipinski definition) is 4. The molecule has 1 heterocycles.